The Kier molecular flexibility index (Phi) is 4.91. The first kappa shape index (κ1) is 17.3. The molecule has 132 valence electrons. The van der Waals surface area contributed by atoms with Crippen LogP contribution in [0.3, 0.4) is 0 Å². The SMILES string of the molecule is CCN1CCOC(C(=O)N2CCc3ccc(S(=O)(=O)NC)cc32)C1. The van der Waals surface area contributed by atoms with Crippen molar-refractivity contribution in [3.05, 3.63) is 23.8 Å². The molecule has 2 heterocycles. The summed E-state index contributed by atoms with van der Waals surface area (Å²) in [4.78, 5) is 16.9. The maximum absolute atomic E-state index is 12.9. The lowest BCUT2D eigenvalue weighted by atomic mass is 10.1. The average molecular weight is 353 g/mol. The first-order chi connectivity index (χ1) is 11.5. The fraction of sp³-hybridized carbons (Fsp3) is 0.562. The Hall–Kier alpha value is -1.48. The summed E-state index contributed by atoms with van der Waals surface area (Å²) >= 11 is 0. The Balaban J connectivity index is 1.85. The molecule has 0 aliphatic carbocycles. The zero-order valence-electron chi connectivity index (χ0n) is 14.0. The van der Waals surface area contributed by atoms with Crippen LogP contribution >= 0.6 is 0 Å². The predicted octanol–water partition coefficient (Wildman–Crippen LogP) is 0.205. The van der Waals surface area contributed by atoms with E-state index in [1.165, 1.54) is 7.05 Å². The van der Waals surface area contributed by atoms with E-state index in [0.717, 1.165) is 25.1 Å². The van der Waals surface area contributed by atoms with Gasteiger partial charge in [0.05, 0.1) is 11.5 Å². The van der Waals surface area contributed by atoms with E-state index in [4.69, 9.17) is 4.74 Å². The summed E-state index contributed by atoms with van der Waals surface area (Å²) in [5.41, 5.74) is 1.66. The van der Waals surface area contributed by atoms with Crippen LogP contribution in [0.1, 0.15) is 12.5 Å². The zero-order chi connectivity index (χ0) is 17.3. The smallest absolute Gasteiger partial charge is 0.257 e. The molecular weight excluding hydrogens is 330 g/mol. The highest BCUT2D eigenvalue weighted by Gasteiger charge is 2.34. The van der Waals surface area contributed by atoms with Gasteiger partial charge in [-0.3, -0.25) is 9.69 Å². The highest BCUT2D eigenvalue weighted by Crippen LogP contribution is 2.31. The number of sulfonamides is 1. The number of hydrogen-bond acceptors (Lipinski definition) is 5. The molecule has 1 N–H and O–H groups in total. The van der Waals surface area contributed by atoms with Crippen molar-refractivity contribution in [1.82, 2.24) is 9.62 Å². The molecule has 0 spiro atoms. The van der Waals surface area contributed by atoms with Crippen molar-refractivity contribution in [2.75, 3.05) is 44.7 Å². The lowest BCUT2D eigenvalue weighted by Crippen LogP contribution is -2.50. The van der Waals surface area contributed by atoms with Crippen molar-refractivity contribution in [2.24, 2.45) is 0 Å². The normalized spacial score (nSPS) is 21.8. The highest BCUT2D eigenvalue weighted by atomic mass is 32.2. The van der Waals surface area contributed by atoms with E-state index >= 15 is 0 Å². The second-order valence-electron chi connectivity index (χ2n) is 5.99. The number of nitrogens with zero attached hydrogens (tertiary/aromatic N) is 2. The number of ether oxygens (including phenoxy) is 1. The van der Waals surface area contributed by atoms with E-state index in [1.54, 1.807) is 23.1 Å². The van der Waals surface area contributed by atoms with Gasteiger partial charge in [0.15, 0.2) is 0 Å². The summed E-state index contributed by atoms with van der Waals surface area (Å²) in [5, 5.41) is 0. The van der Waals surface area contributed by atoms with Gasteiger partial charge in [0.1, 0.15) is 6.10 Å². The zero-order valence-corrected chi connectivity index (χ0v) is 14.8. The molecule has 0 radical (unpaired) electrons. The molecular formula is C16H23N3O4S. The molecule has 0 bridgehead atoms. The molecule has 1 aromatic carbocycles. The number of amides is 1. The van der Waals surface area contributed by atoms with Gasteiger partial charge in [-0.25, -0.2) is 13.1 Å². The molecule has 1 unspecified atom stereocenters. The number of likely N-dealkylation sites (N-methyl/N-ethyl adjacent to an activating group) is 1. The van der Waals surface area contributed by atoms with Crippen LogP contribution in [-0.4, -0.2) is 65.2 Å². The molecule has 0 saturated carbocycles. The van der Waals surface area contributed by atoms with Gasteiger partial charge in [0, 0.05) is 25.3 Å². The van der Waals surface area contributed by atoms with E-state index in [9.17, 15) is 13.2 Å². The second kappa shape index (κ2) is 6.79. The Labute approximate surface area is 142 Å². The van der Waals surface area contributed by atoms with Gasteiger partial charge >= 0.3 is 0 Å². The molecule has 1 atom stereocenters. The number of carbonyl (C=O) groups is 1. The van der Waals surface area contributed by atoms with Crippen LogP contribution in [0.2, 0.25) is 0 Å². The van der Waals surface area contributed by atoms with Crippen LogP contribution in [0.25, 0.3) is 0 Å². The van der Waals surface area contributed by atoms with Gasteiger partial charge in [-0.05, 0) is 37.7 Å². The van der Waals surface area contributed by atoms with Gasteiger partial charge in [0.25, 0.3) is 5.91 Å². The minimum absolute atomic E-state index is 0.0918. The van der Waals surface area contributed by atoms with Crippen molar-refractivity contribution in [2.45, 2.75) is 24.3 Å². The minimum atomic E-state index is -3.53. The third-order valence-corrected chi connectivity index (χ3v) is 6.08. The molecule has 8 heteroatoms. The molecule has 1 aromatic rings. The topological polar surface area (TPSA) is 79.0 Å². The molecule has 24 heavy (non-hydrogen) atoms. The molecule has 0 aromatic heterocycles. The summed E-state index contributed by atoms with van der Waals surface area (Å²) in [6.07, 6.45) is 0.236. The Morgan fingerprint density at radius 1 is 1.38 bits per heavy atom. The van der Waals surface area contributed by atoms with Crippen molar-refractivity contribution in [1.29, 1.82) is 0 Å². The van der Waals surface area contributed by atoms with Gasteiger partial charge < -0.3 is 9.64 Å². The Morgan fingerprint density at radius 2 is 2.17 bits per heavy atom. The number of anilines is 1. The summed E-state index contributed by atoms with van der Waals surface area (Å²) in [6.45, 7) is 5.46. The fourth-order valence-electron chi connectivity index (χ4n) is 3.19. The van der Waals surface area contributed by atoms with Gasteiger partial charge in [-0.2, -0.15) is 0 Å². The number of rotatable bonds is 4. The third kappa shape index (κ3) is 3.19. The van der Waals surface area contributed by atoms with E-state index in [2.05, 4.69) is 16.5 Å². The number of nitrogens with one attached hydrogen (secondary N) is 1. The molecule has 3 rings (SSSR count). The van der Waals surface area contributed by atoms with Crippen LogP contribution in [0.5, 0.6) is 0 Å². The van der Waals surface area contributed by atoms with E-state index in [-0.39, 0.29) is 10.8 Å². The number of fused-ring (bicyclic) bond motifs is 1. The minimum Gasteiger partial charge on any atom is -0.366 e. The van der Waals surface area contributed by atoms with Crippen LogP contribution < -0.4 is 9.62 Å². The monoisotopic (exact) mass is 353 g/mol. The first-order valence-corrected chi connectivity index (χ1v) is 9.66. The van der Waals surface area contributed by atoms with E-state index in [0.29, 0.717) is 25.4 Å². The second-order valence-corrected chi connectivity index (χ2v) is 7.88. The lowest BCUT2D eigenvalue weighted by molar-refractivity contribution is -0.135. The van der Waals surface area contributed by atoms with Crippen molar-refractivity contribution >= 4 is 21.6 Å². The van der Waals surface area contributed by atoms with Crippen molar-refractivity contribution < 1.29 is 17.9 Å². The largest absolute Gasteiger partial charge is 0.366 e. The fourth-order valence-corrected chi connectivity index (χ4v) is 3.94. The quantitative estimate of drug-likeness (QED) is 0.837. The van der Waals surface area contributed by atoms with E-state index < -0.39 is 16.1 Å². The molecule has 1 fully saturated rings. The van der Waals surface area contributed by atoms with Crippen LogP contribution in [0.15, 0.2) is 23.1 Å². The average Bonchev–Trinajstić information content (AvgIpc) is 3.04. The molecule has 2 aliphatic rings. The summed E-state index contributed by atoms with van der Waals surface area (Å²) in [7, 11) is -2.16. The first-order valence-electron chi connectivity index (χ1n) is 8.18. The summed E-state index contributed by atoms with van der Waals surface area (Å²) in [6, 6.07) is 4.94. The molecule has 7 nitrogen and oxygen atoms in total. The van der Waals surface area contributed by atoms with E-state index in [1.807, 2.05) is 0 Å². The number of hydrogen-bond donors (Lipinski definition) is 1. The van der Waals surface area contributed by atoms with Gasteiger partial charge in [-0.1, -0.05) is 13.0 Å². The number of carbonyl (C=O) groups excluding carboxylic acids is 1. The van der Waals surface area contributed by atoms with Crippen molar-refractivity contribution in [3.8, 4) is 0 Å². The summed E-state index contributed by atoms with van der Waals surface area (Å²) < 4.78 is 32.0. The maximum atomic E-state index is 12.9. The number of benzene rings is 1. The predicted molar refractivity (Wildman–Crippen MR) is 90.6 cm³/mol. The van der Waals surface area contributed by atoms with Gasteiger partial charge in [0.2, 0.25) is 10.0 Å². The van der Waals surface area contributed by atoms with Crippen LogP contribution in [0, 0.1) is 0 Å². The van der Waals surface area contributed by atoms with Crippen LogP contribution in [-0.2, 0) is 26.0 Å². The highest BCUT2D eigenvalue weighted by molar-refractivity contribution is 7.89. The standard InChI is InChI=1S/C16H23N3O4S/c1-3-18-8-9-23-15(11-18)16(20)19-7-6-12-4-5-13(10-14(12)19)24(21,22)17-2/h4-5,10,15,17H,3,6-9,11H2,1-2H3. The van der Waals surface area contributed by atoms with Crippen LogP contribution in [0.4, 0.5) is 5.69 Å². The molecule has 2 aliphatic heterocycles. The summed E-state index contributed by atoms with van der Waals surface area (Å²) in [5.74, 6) is -0.0918. The Bertz CT molecular complexity index is 735. The maximum Gasteiger partial charge on any atom is 0.257 e. The Morgan fingerprint density at radius 3 is 2.88 bits per heavy atom. The van der Waals surface area contributed by atoms with Gasteiger partial charge in [-0.15, -0.1) is 0 Å². The third-order valence-electron chi connectivity index (χ3n) is 4.67. The molecule has 1 saturated heterocycles. The lowest BCUT2D eigenvalue weighted by Gasteiger charge is -2.33. The molecule has 1 amide bonds. The van der Waals surface area contributed by atoms with Crippen molar-refractivity contribution in [3.63, 3.8) is 0 Å². The number of morpholine rings is 1.